The van der Waals surface area contributed by atoms with Gasteiger partial charge in [0.15, 0.2) is 0 Å². The Morgan fingerprint density at radius 1 is 1.32 bits per heavy atom. The Balaban J connectivity index is 2.23. The second-order valence-electron chi connectivity index (χ2n) is 4.86. The van der Waals surface area contributed by atoms with E-state index in [1.54, 1.807) is 0 Å². The molecular formula is C14H22N2O3. The number of rotatable bonds is 6. The molecule has 5 nitrogen and oxygen atoms in total. The van der Waals surface area contributed by atoms with Gasteiger partial charge in [-0.2, -0.15) is 5.26 Å². The molecule has 2 unspecified atom stereocenters. The normalized spacial score (nSPS) is 22.3. The largest absolute Gasteiger partial charge is 0.461 e. The van der Waals surface area contributed by atoms with E-state index in [0.717, 1.165) is 25.7 Å². The summed E-state index contributed by atoms with van der Waals surface area (Å²) >= 11 is 0. The van der Waals surface area contributed by atoms with Crippen molar-refractivity contribution in [1.29, 1.82) is 5.26 Å². The van der Waals surface area contributed by atoms with Crippen LogP contribution in [0, 0.1) is 17.2 Å². The molecule has 0 saturated heterocycles. The predicted octanol–water partition coefficient (Wildman–Crippen LogP) is 1.92. The van der Waals surface area contributed by atoms with E-state index in [1.165, 1.54) is 0 Å². The van der Waals surface area contributed by atoms with E-state index in [2.05, 4.69) is 11.4 Å². The van der Waals surface area contributed by atoms with Crippen LogP contribution in [0.5, 0.6) is 0 Å². The third-order valence-electron chi connectivity index (χ3n) is 3.31. The highest BCUT2D eigenvalue weighted by Crippen LogP contribution is 2.26. The Morgan fingerprint density at radius 3 is 2.74 bits per heavy atom. The highest BCUT2D eigenvalue weighted by atomic mass is 16.5. The number of esters is 1. The number of nitriles is 1. The van der Waals surface area contributed by atoms with Crippen molar-refractivity contribution in [3.63, 3.8) is 0 Å². The molecule has 0 aromatic heterocycles. The Kier molecular flexibility index (Phi) is 6.94. The van der Waals surface area contributed by atoms with E-state index < -0.39 is 0 Å². The van der Waals surface area contributed by atoms with E-state index in [1.807, 2.05) is 6.92 Å². The van der Waals surface area contributed by atoms with Crippen LogP contribution in [0.2, 0.25) is 0 Å². The Labute approximate surface area is 114 Å². The molecule has 1 rings (SSSR count). The van der Waals surface area contributed by atoms with Crippen LogP contribution in [0.15, 0.2) is 0 Å². The van der Waals surface area contributed by atoms with Gasteiger partial charge in [0.05, 0.1) is 12.0 Å². The van der Waals surface area contributed by atoms with Gasteiger partial charge < -0.3 is 10.1 Å². The summed E-state index contributed by atoms with van der Waals surface area (Å²) in [6, 6.07) is 2.21. The first-order valence-electron chi connectivity index (χ1n) is 7.03. The molecule has 1 N–H and O–H groups in total. The molecule has 0 heterocycles. The van der Waals surface area contributed by atoms with Crippen LogP contribution < -0.4 is 5.32 Å². The van der Waals surface area contributed by atoms with Gasteiger partial charge in [-0.3, -0.25) is 9.59 Å². The second kappa shape index (κ2) is 8.52. The minimum Gasteiger partial charge on any atom is -0.461 e. The maximum Gasteiger partial charge on any atom is 0.306 e. The van der Waals surface area contributed by atoms with Crippen molar-refractivity contribution >= 4 is 11.9 Å². The van der Waals surface area contributed by atoms with Gasteiger partial charge in [0.2, 0.25) is 5.91 Å². The molecule has 1 saturated carbocycles. The van der Waals surface area contributed by atoms with Gasteiger partial charge >= 0.3 is 5.97 Å². The number of hydrogen-bond donors (Lipinski definition) is 1. The summed E-state index contributed by atoms with van der Waals surface area (Å²) in [5.41, 5.74) is 0. The van der Waals surface area contributed by atoms with Crippen molar-refractivity contribution in [2.45, 2.75) is 58.0 Å². The predicted molar refractivity (Wildman–Crippen MR) is 70.0 cm³/mol. The van der Waals surface area contributed by atoms with Crippen molar-refractivity contribution < 1.29 is 14.3 Å². The van der Waals surface area contributed by atoms with E-state index >= 15 is 0 Å². The molecule has 5 heteroatoms. The van der Waals surface area contributed by atoms with Crippen LogP contribution >= 0.6 is 0 Å². The van der Waals surface area contributed by atoms with Gasteiger partial charge in [-0.15, -0.1) is 0 Å². The first-order chi connectivity index (χ1) is 9.17. The third-order valence-corrected chi connectivity index (χ3v) is 3.31. The Morgan fingerprint density at radius 2 is 2.05 bits per heavy atom. The van der Waals surface area contributed by atoms with Crippen LogP contribution in [-0.2, 0) is 14.3 Å². The summed E-state index contributed by atoms with van der Waals surface area (Å²) < 4.78 is 5.34. The minimum atomic E-state index is -0.295. The quantitative estimate of drug-likeness (QED) is 0.745. The second-order valence-corrected chi connectivity index (χ2v) is 4.86. The van der Waals surface area contributed by atoms with Crippen molar-refractivity contribution in [2.24, 2.45) is 5.92 Å². The maximum absolute atomic E-state index is 11.6. The maximum atomic E-state index is 11.6. The SMILES string of the molecule is CCNC(=O)CCCC(=O)OC1CCCCC1C#N. The van der Waals surface area contributed by atoms with Crippen molar-refractivity contribution in [3.05, 3.63) is 0 Å². The third kappa shape index (κ3) is 5.73. The summed E-state index contributed by atoms with van der Waals surface area (Å²) in [5, 5.41) is 11.7. The lowest BCUT2D eigenvalue weighted by atomic mass is 9.87. The number of amides is 1. The van der Waals surface area contributed by atoms with Crippen LogP contribution in [0.1, 0.15) is 51.9 Å². The number of nitrogens with one attached hydrogen (secondary N) is 1. The number of carbonyl (C=O) groups is 2. The lowest BCUT2D eigenvalue weighted by Crippen LogP contribution is -2.29. The number of nitrogens with zero attached hydrogens (tertiary/aromatic N) is 1. The van der Waals surface area contributed by atoms with Crippen LogP contribution in [0.3, 0.4) is 0 Å². The zero-order chi connectivity index (χ0) is 14.1. The minimum absolute atomic E-state index is 0.0390. The molecule has 0 aromatic carbocycles. The van der Waals surface area contributed by atoms with Gasteiger partial charge in [0.25, 0.3) is 0 Å². The fourth-order valence-electron chi connectivity index (χ4n) is 2.29. The van der Waals surface area contributed by atoms with Gasteiger partial charge in [-0.1, -0.05) is 6.42 Å². The fourth-order valence-corrected chi connectivity index (χ4v) is 2.29. The fraction of sp³-hybridized carbons (Fsp3) is 0.786. The Hall–Kier alpha value is -1.57. The van der Waals surface area contributed by atoms with Gasteiger partial charge in [0.1, 0.15) is 6.10 Å². The standard InChI is InChI=1S/C14H22N2O3/c1-2-16-13(17)8-5-9-14(18)19-12-7-4-3-6-11(12)10-15/h11-12H,2-9H2,1H3,(H,16,17). The average molecular weight is 266 g/mol. The lowest BCUT2D eigenvalue weighted by molar-refractivity contribution is -0.152. The first kappa shape index (κ1) is 15.5. The summed E-state index contributed by atoms with van der Waals surface area (Å²) in [7, 11) is 0. The topological polar surface area (TPSA) is 79.2 Å². The molecule has 0 bridgehead atoms. The molecule has 0 radical (unpaired) electrons. The van der Waals surface area contributed by atoms with Gasteiger partial charge in [-0.25, -0.2) is 0 Å². The molecule has 1 fully saturated rings. The van der Waals surface area contributed by atoms with Crippen LogP contribution in [0.25, 0.3) is 0 Å². The van der Waals surface area contributed by atoms with Gasteiger partial charge in [-0.05, 0) is 32.6 Å². The molecule has 0 aromatic rings. The molecular weight excluding hydrogens is 244 g/mol. The molecule has 19 heavy (non-hydrogen) atoms. The van der Waals surface area contributed by atoms with E-state index in [0.29, 0.717) is 19.4 Å². The lowest BCUT2D eigenvalue weighted by Gasteiger charge is -2.26. The zero-order valence-corrected chi connectivity index (χ0v) is 11.5. The van der Waals surface area contributed by atoms with Crippen LogP contribution in [-0.4, -0.2) is 24.5 Å². The molecule has 1 amide bonds. The molecule has 1 aliphatic rings. The molecule has 0 aliphatic heterocycles. The first-order valence-corrected chi connectivity index (χ1v) is 7.03. The van der Waals surface area contributed by atoms with Crippen molar-refractivity contribution in [3.8, 4) is 6.07 Å². The highest BCUT2D eigenvalue weighted by Gasteiger charge is 2.27. The average Bonchev–Trinajstić information content (AvgIpc) is 2.39. The summed E-state index contributed by atoms with van der Waals surface area (Å²) in [6.45, 7) is 2.46. The van der Waals surface area contributed by atoms with Crippen molar-refractivity contribution in [1.82, 2.24) is 5.32 Å². The van der Waals surface area contributed by atoms with E-state index in [4.69, 9.17) is 10.00 Å². The van der Waals surface area contributed by atoms with E-state index in [9.17, 15) is 9.59 Å². The Bertz CT molecular complexity index is 349. The molecule has 2 atom stereocenters. The molecule has 0 spiro atoms. The zero-order valence-electron chi connectivity index (χ0n) is 11.5. The number of carbonyl (C=O) groups excluding carboxylic acids is 2. The smallest absolute Gasteiger partial charge is 0.306 e. The highest BCUT2D eigenvalue weighted by molar-refractivity contribution is 5.76. The molecule has 1 aliphatic carbocycles. The number of hydrogen-bond acceptors (Lipinski definition) is 4. The van der Waals surface area contributed by atoms with Crippen LogP contribution in [0.4, 0.5) is 0 Å². The van der Waals surface area contributed by atoms with Gasteiger partial charge in [0, 0.05) is 19.4 Å². The monoisotopic (exact) mass is 266 g/mol. The summed E-state index contributed by atoms with van der Waals surface area (Å²) in [5.74, 6) is -0.500. The van der Waals surface area contributed by atoms with Crippen molar-refractivity contribution in [2.75, 3.05) is 6.54 Å². The molecule has 106 valence electrons. The summed E-state index contributed by atoms with van der Waals surface area (Å²) in [4.78, 5) is 22.9. The summed E-state index contributed by atoms with van der Waals surface area (Å²) in [6.07, 6.45) is 4.46. The number of ether oxygens (including phenoxy) is 1. The van der Waals surface area contributed by atoms with E-state index in [-0.39, 0.29) is 30.3 Å².